The summed E-state index contributed by atoms with van der Waals surface area (Å²) in [6.07, 6.45) is 0.927. The van der Waals surface area contributed by atoms with E-state index in [4.69, 9.17) is 10.5 Å². The number of aryl methyl sites for hydroxylation is 1. The molecule has 1 aliphatic heterocycles. The van der Waals surface area contributed by atoms with Crippen LogP contribution in [0.25, 0.3) is 0 Å². The highest BCUT2D eigenvalue weighted by atomic mass is 79.9. The number of benzene rings is 1. The van der Waals surface area contributed by atoms with Crippen LogP contribution in [0.4, 0.5) is 0 Å². The van der Waals surface area contributed by atoms with Crippen molar-refractivity contribution in [2.45, 2.75) is 25.5 Å². The Hall–Kier alpha value is -0.840. The number of rotatable bonds is 1. The minimum atomic E-state index is 0.0404. The molecule has 2 heterocycles. The van der Waals surface area contributed by atoms with Crippen LogP contribution in [0.5, 0.6) is 5.75 Å². The number of thiophene rings is 1. The maximum Gasteiger partial charge on any atom is 0.135 e. The quantitative estimate of drug-likeness (QED) is 0.847. The van der Waals surface area contributed by atoms with Crippen LogP contribution in [0.2, 0.25) is 0 Å². The first kappa shape index (κ1) is 12.2. The van der Waals surface area contributed by atoms with Crippen LogP contribution >= 0.6 is 27.3 Å². The molecule has 0 spiro atoms. The molecule has 0 bridgehead atoms. The fraction of sp³-hybridized carbons (Fsp3) is 0.286. The molecule has 4 heteroatoms. The molecule has 18 heavy (non-hydrogen) atoms. The van der Waals surface area contributed by atoms with Crippen LogP contribution in [0.3, 0.4) is 0 Å². The number of hydrogen-bond acceptors (Lipinski definition) is 3. The van der Waals surface area contributed by atoms with Crippen LogP contribution < -0.4 is 10.5 Å². The van der Waals surface area contributed by atoms with Crippen molar-refractivity contribution in [2.24, 2.45) is 5.73 Å². The predicted octanol–water partition coefficient (Wildman–Crippen LogP) is 4.34. The van der Waals surface area contributed by atoms with Crippen molar-refractivity contribution in [3.05, 3.63) is 50.1 Å². The maximum absolute atomic E-state index is 6.25. The highest BCUT2D eigenvalue weighted by molar-refractivity contribution is 9.10. The molecule has 0 saturated carbocycles. The Morgan fingerprint density at radius 1 is 1.33 bits per heavy atom. The van der Waals surface area contributed by atoms with Crippen molar-refractivity contribution in [3.8, 4) is 5.75 Å². The van der Waals surface area contributed by atoms with Crippen molar-refractivity contribution in [1.82, 2.24) is 0 Å². The number of nitrogens with two attached hydrogens (primary N) is 1. The Bertz CT molecular complexity index is 581. The summed E-state index contributed by atoms with van der Waals surface area (Å²) < 4.78 is 7.11. The third kappa shape index (κ3) is 2.20. The average Bonchev–Trinajstić information content (AvgIpc) is 2.77. The smallest absolute Gasteiger partial charge is 0.135 e. The SMILES string of the molecule is Cc1ccc(C2CC(N)c3cc(Br)ccc3O2)s1. The molecule has 0 radical (unpaired) electrons. The van der Waals surface area contributed by atoms with Gasteiger partial charge in [-0.25, -0.2) is 0 Å². The number of fused-ring (bicyclic) bond motifs is 1. The monoisotopic (exact) mass is 323 g/mol. The molecule has 2 nitrogen and oxygen atoms in total. The maximum atomic E-state index is 6.25. The number of ether oxygens (including phenoxy) is 1. The Labute approximate surface area is 119 Å². The Kier molecular flexibility index (Phi) is 3.18. The van der Waals surface area contributed by atoms with Crippen molar-refractivity contribution in [1.29, 1.82) is 0 Å². The summed E-state index contributed by atoms with van der Waals surface area (Å²) >= 11 is 5.26. The van der Waals surface area contributed by atoms with E-state index in [9.17, 15) is 0 Å². The highest BCUT2D eigenvalue weighted by Crippen LogP contribution is 2.42. The van der Waals surface area contributed by atoms with Gasteiger partial charge in [0.1, 0.15) is 11.9 Å². The van der Waals surface area contributed by atoms with E-state index in [0.29, 0.717) is 0 Å². The third-order valence-corrected chi connectivity index (χ3v) is 4.77. The summed E-state index contributed by atoms with van der Waals surface area (Å²) in [4.78, 5) is 2.57. The molecule has 1 aromatic heterocycles. The standard InChI is InChI=1S/C14H14BrNOS/c1-8-2-5-14(18-8)13-7-11(16)10-6-9(15)3-4-12(10)17-13/h2-6,11,13H,7,16H2,1H3. The van der Waals surface area contributed by atoms with E-state index in [-0.39, 0.29) is 12.1 Å². The van der Waals surface area contributed by atoms with Crippen LogP contribution in [0.15, 0.2) is 34.8 Å². The second-order valence-corrected chi connectivity index (χ2v) is 6.81. The Morgan fingerprint density at radius 2 is 2.17 bits per heavy atom. The molecule has 1 aromatic carbocycles. The Morgan fingerprint density at radius 3 is 2.89 bits per heavy atom. The third-order valence-electron chi connectivity index (χ3n) is 3.19. The lowest BCUT2D eigenvalue weighted by Crippen LogP contribution is -2.23. The minimum absolute atomic E-state index is 0.0404. The highest BCUT2D eigenvalue weighted by Gasteiger charge is 2.27. The van der Waals surface area contributed by atoms with Gasteiger partial charge in [-0.2, -0.15) is 0 Å². The first-order valence-corrected chi connectivity index (χ1v) is 7.52. The zero-order valence-corrected chi connectivity index (χ0v) is 12.4. The zero-order valence-electron chi connectivity index (χ0n) is 10.0. The van der Waals surface area contributed by atoms with Gasteiger partial charge in [-0.15, -0.1) is 11.3 Å². The lowest BCUT2D eigenvalue weighted by atomic mass is 9.97. The molecule has 94 valence electrons. The van der Waals surface area contributed by atoms with Gasteiger partial charge < -0.3 is 10.5 Å². The van der Waals surface area contributed by atoms with Gasteiger partial charge in [-0.1, -0.05) is 15.9 Å². The second-order valence-electron chi connectivity index (χ2n) is 4.58. The normalized spacial score (nSPS) is 22.4. The number of hydrogen-bond donors (Lipinski definition) is 1. The van der Waals surface area contributed by atoms with Gasteiger partial charge in [0.2, 0.25) is 0 Å². The zero-order chi connectivity index (χ0) is 12.7. The van der Waals surface area contributed by atoms with Crippen LogP contribution in [0, 0.1) is 6.92 Å². The largest absolute Gasteiger partial charge is 0.484 e. The topological polar surface area (TPSA) is 35.2 Å². The van der Waals surface area contributed by atoms with Gasteiger partial charge in [-0.05, 0) is 37.3 Å². The van der Waals surface area contributed by atoms with Gasteiger partial charge in [0.05, 0.1) is 0 Å². The van der Waals surface area contributed by atoms with E-state index in [2.05, 4.69) is 41.1 Å². The van der Waals surface area contributed by atoms with Gasteiger partial charge in [0, 0.05) is 32.3 Å². The molecule has 2 N–H and O–H groups in total. The lowest BCUT2D eigenvalue weighted by Gasteiger charge is -2.29. The van der Waals surface area contributed by atoms with Crippen molar-refractivity contribution in [3.63, 3.8) is 0 Å². The summed E-state index contributed by atoms with van der Waals surface area (Å²) in [6, 6.07) is 10.3. The molecule has 0 amide bonds. The summed E-state index contributed by atoms with van der Waals surface area (Å²) in [5.74, 6) is 0.910. The van der Waals surface area contributed by atoms with E-state index in [1.807, 2.05) is 12.1 Å². The lowest BCUT2D eigenvalue weighted by molar-refractivity contribution is 0.165. The molecule has 2 aromatic rings. The summed E-state index contributed by atoms with van der Waals surface area (Å²) in [5.41, 5.74) is 7.35. The molecule has 0 saturated heterocycles. The van der Waals surface area contributed by atoms with E-state index in [0.717, 1.165) is 22.2 Å². The molecular weight excluding hydrogens is 310 g/mol. The van der Waals surface area contributed by atoms with Crippen molar-refractivity contribution < 1.29 is 4.74 Å². The van der Waals surface area contributed by atoms with E-state index in [1.54, 1.807) is 11.3 Å². The molecule has 0 fully saturated rings. The fourth-order valence-electron chi connectivity index (χ4n) is 2.28. The first-order valence-electron chi connectivity index (χ1n) is 5.91. The molecule has 1 aliphatic rings. The fourth-order valence-corrected chi connectivity index (χ4v) is 3.57. The van der Waals surface area contributed by atoms with Gasteiger partial charge >= 0.3 is 0 Å². The summed E-state index contributed by atoms with van der Waals surface area (Å²) in [7, 11) is 0. The molecule has 2 atom stereocenters. The first-order chi connectivity index (χ1) is 8.63. The summed E-state index contributed by atoms with van der Waals surface area (Å²) in [6.45, 7) is 2.11. The van der Waals surface area contributed by atoms with Crippen molar-refractivity contribution >= 4 is 27.3 Å². The van der Waals surface area contributed by atoms with Crippen LogP contribution in [0.1, 0.15) is 33.9 Å². The second kappa shape index (κ2) is 4.68. The van der Waals surface area contributed by atoms with E-state index >= 15 is 0 Å². The summed E-state index contributed by atoms with van der Waals surface area (Å²) in [5, 5.41) is 0. The van der Waals surface area contributed by atoms with Crippen molar-refractivity contribution in [2.75, 3.05) is 0 Å². The van der Waals surface area contributed by atoms with Crippen LogP contribution in [-0.4, -0.2) is 0 Å². The van der Waals surface area contributed by atoms with E-state index in [1.165, 1.54) is 9.75 Å². The Balaban J connectivity index is 1.94. The number of halogens is 1. The van der Waals surface area contributed by atoms with Gasteiger partial charge in [0.25, 0.3) is 0 Å². The molecule has 2 unspecified atom stereocenters. The molecular formula is C14H14BrNOS. The molecule has 0 aliphatic carbocycles. The van der Waals surface area contributed by atoms with Gasteiger partial charge in [0.15, 0.2) is 0 Å². The van der Waals surface area contributed by atoms with E-state index < -0.39 is 0 Å². The predicted molar refractivity (Wildman–Crippen MR) is 78.1 cm³/mol. The van der Waals surface area contributed by atoms with Gasteiger partial charge in [-0.3, -0.25) is 0 Å². The van der Waals surface area contributed by atoms with Crippen LogP contribution in [-0.2, 0) is 0 Å². The molecule has 3 rings (SSSR count). The average molecular weight is 324 g/mol. The minimum Gasteiger partial charge on any atom is -0.484 e.